The molecule has 0 radical (unpaired) electrons. The minimum absolute atomic E-state index is 0.253. The van der Waals surface area contributed by atoms with Gasteiger partial charge in [0.2, 0.25) is 6.79 Å². The lowest BCUT2D eigenvalue weighted by atomic mass is 10.1. The molecule has 2 aromatic carbocycles. The summed E-state index contributed by atoms with van der Waals surface area (Å²) in [6.45, 7) is 4.78. The number of fused-ring (bicyclic) bond motifs is 1. The van der Waals surface area contributed by atoms with Gasteiger partial charge in [-0.3, -0.25) is 4.79 Å². The van der Waals surface area contributed by atoms with Crippen LogP contribution in [0.1, 0.15) is 27.2 Å². The summed E-state index contributed by atoms with van der Waals surface area (Å²) in [6.07, 6.45) is 3.00. The molecule has 0 spiro atoms. The first-order chi connectivity index (χ1) is 13.6. The van der Waals surface area contributed by atoms with Crippen LogP contribution in [0, 0.1) is 13.8 Å². The van der Waals surface area contributed by atoms with Crippen molar-refractivity contribution in [2.24, 2.45) is 0 Å². The molecule has 0 fully saturated rings. The Hall–Kier alpha value is -3.61. The van der Waals surface area contributed by atoms with Gasteiger partial charge in [-0.05, 0) is 43.2 Å². The summed E-state index contributed by atoms with van der Waals surface area (Å²) in [7, 11) is 0. The highest BCUT2D eigenvalue weighted by Crippen LogP contribution is 2.32. The van der Waals surface area contributed by atoms with E-state index in [0.29, 0.717) is 12.4 Å². The molecule has 4 rings (SSSR count). The Labute approximate surface area is 162 Å². The number of nitrogens with one attached hydrogen (secondary N) is 2. The largest absolute Gasteiger partial charge is 0.454 e. The highest BCUT2D eigenvalue weighted by molar-refractivity contribution is 6.03. The normalized spacial score (nSPS) is 11.9. The van der Waals surface area contributed by atoms with E-state index in [2.05, 4.69) is 20.6 Å². The lowest BCUT2D eigenvalue weighted by Gasteiger charge is -2.09. The van der Waals surface area contributed by atoms with Gasteiger partial charge in [0.1, 0.15) is 11.5 Å². The Kier molecular flexibility index (Phi) is 4.80. The van der Waals surface area contributed by atoms with Crippen molar-refractivity contribution in [3.8, 4) is 11.5 Å². The van der Waals surface area contributed by atoms with Crippen LogP contribution in [0.4, 0.5) is 11.5 Å². The number of aromatic nitrogens is 2. The van der Waals surface area contributed by atoms with E-state index in [1.807, 2.05) is 50.2 Å². The molecule has 7 heteroatoms. The van der Waals surface area contributed by atoms with Crippen LogP contribution >= 0.6 is 0 Å². The molecule has 1 aliphatic heterocycles. The Morgan fingerprint density at radius 1 is 1.04 bits per heavy atom. The van der Waals surface area contributed by atoms with Gasteiger partial charge in [0.15, 0.2) is 11.5 Å². The average Bonchev–Trinajstić information content (AvgIpc) is 3.17. The first-order valence-electron chi connectivity index (χ1n) is 8.91. The summed E-state index contributed by atoms with van der Waals surface area (Å²) in [6, 6.07) is 11.6. The van der Waals surface area contributed by atoms with Crippen molar-refractivity contribution in [1.29, 1.82) is 0 Å². The molecule has 0 saturated heterocycles. The van der Waals surface area contributed by atoms with Crippen molar-refractivity contribution in [2.45, 2.75) is 20.4 Å². The van der Waals surface area contributed by atoms with Gasteiger partial charge in [-0.25, -0.2) is 9.97 Å². The number of ether oxygens (including phenoxy) is 2. The fraction of sp³-hybridized carbons (Fsp3) is 0.190. The van der Waals surface area contributed by atoms with Crippen LogP contribution in [0.5, 0.6) is 11.5 Å². The van der Waals surface area contributed by atoms with Gasteiger partial charge in [-0.1, -0.05) is 23.8 Å². The number of amides is 1. The van der Waals surface area contributed by atoms with Gasteiger partial charge >= 0.3 is 0 Å². The lowest BCUT2D eigenvalue weighted by Crippen LogP contribution is -2.15. The average molecular weight is 376 g/mol. The second-order valence-corrected chi connectivity index (χ2v) is 6.60. The van der Waals surface area contributed by atoms with E-state index >= 15 is 0 Å². The van der Waals surface area contributed by atoms with Crippen LogP contribution in [-0.4, -0.2) is 22.7 Å². The zero-order valence-electron chi connectivity index (χ0n) is 15.7. The van der Waals surface area contributed by atoms with E-state index < -0.39 is 0 Å². The number of anilines is 2. The number of benzene rings is 2. The fourth-order valence-corrected chi connectivity index (χ4v) is 2.92. The number of hydrogen-bond acceptors (Lipinski definition) is 6. The number of rotatable bonds is 5. The number of nitrogens with zero attached hydrogens (tertiary/aromatic N) is 2. The highest BCUT2D eigenvalue weighted by atomic mass is 16.7. The summed E-state index contributed by atoms with van der Waals surface area (Å²) in [5, 5.41) is 6.05. The van der Waals surface area contributed by atoms with Gasteiger partial charge in [0.05, 0.1) is 12.4 Å². The molecule has 1 amide bonds. The molecular formula is C21H20N4O3. The third-order valence-corrected chi connectivity index (χ3v) is 4.43. The zero-order chi connectivity index (χ0) is 19.5. The molecule has 1 aromatic heterocycles. The number of carbonyl (C=O) groups excluding carboxylic acids is 1. The first kappa shape index (κ1) is 17.8. The van der Waals surface area contributed by atoms with Crippen LogP contribution < -0.4 is 20.1 Å². The van der Waals surface area contributed by atoms with Gasteiger partial charge in [-0.2, -0.15) is 0 Å². The molecule has 7 nitrogen and oxygen atoms in total. The van der Waals surface area contributed by atoms with Crippen LogP contribution in [0.2, 0.25) is 0 Å². The maximum atomic E-state index is 12.4. The Balaban J connectivity index is 1.37. The van der Waals surface area contributed by atoms with Crippen molar-refractivity contribution >= 4 is 17.4 Å². The van der Waals surface area contributed by atoms with E-state index in [0.717, 1.165) is 33.9 Å². The zero-order valence-corrected chi connectivity index (χ0v) is 15.7. The minimum Gasteiger partial charge on any atom is -0.454 e. The molecular weight excluding hydrogens is 356 g/mol. The molecule has 3 aromatic rings. The predicted molar refractivity (Wildman–Crippen MR) is 106 cm³/mol. The number of carbonyl (C=O) groups is 1. The summed E-state index contributed by atoms with van der Waals surface area (Å²) >= 11 is 0. The van der Waals surface area contributed by atoms with Crippen LogP contribution in [0.15, 0.2) is 48.8 Å². The summed E-state index contributed by atoms with van der Waals surface area (Å²) in [4.78, 5) is 20.9. The Bertz CT molecular complexity index is 1020. The van der Waals surface area contributed by atoms with E-state index in [-0.39, 0.29) is 18.4 Å². The monoisotopic (exact) mass is 376 g/mol. The standard InChI is InChI=1S/C21H20N4O3/c1-13-3-5-16(14(2)7-13)25-21(26)17-10-24-20(11-22-17)23-9-15-4-6-18-19(8-15)28-12-27-18/h3-8,10-11H,9,12H2,1-2H3,(H,23,24)(H,25,26). The minimum atomic E-state index is -0.290. The molecule has 142 valence electrons. The van der Waals surface area contributed by atoms with Gasteiger partial charge in [0, 0.05) is 12.2 Å². The fourth-order valence-electron chi connectivity index (χ4n) is 2.92. The number of hydrogen-bond donors (Lipinski definition) is 2. The predicted octanol–water partition coefficient (Wildman–Crippen LogP) is 3.69. The second kappa shape index (κ2) is 7.56. The molecule has 0 saturated carbocycles. The topological polar surface area (TPSA) is 85.4 Å². The molecule has 1 aliphatic rings. The molecule has 0 aliphatic carbocycles. The molecule has 28 heavy (non-hydrogen) atoms. The number of aryl methyl sites for hydroxylation is 2. The van der Waals surface area contributed by atoms with Crippen molar-refractivity contribution < 1.29 is 14.3 Å². The van der Waals surface area contributed by atoms with E-state index in [4.69, 9.17) is 9.47 Å². The summed E-state index contributed by atoms with van der Waals surface area (Å²) < 4.78 is 10.7. The first-order valence-corrected chi connectivity index (χ1v) is 8.91. The van der Waals surface area contributed by atoms with E-state index in [9.17, 15) is 4.79 Å². The van der Waals surface area contributed by atoms with Crippen molar-refractivity contribution in [3.05, 3.63) is 71.2 Å². The van der Waals surface area contributed by atoms with Crippen molar-refractivity contribution in [3.63, 3.8) is 0 Å². The van der Waals surface area contributed by atoms with Gasteiger partial charge in [-0.15, -0.1) is 0 Å². The highest BCUT2D eigenvalue weighted by Gasteiger charge is 2.13. The van der Waals surface area contributed by atoms with E-state index in [1.54, 1.807) is 6.20 Å². The SMILES string of the molecule is Cc1ccc(NC(=O)c2cnc(NCc3ccc4c(c3)OCO4)cn2)c(C)c1. The molecule has 2 heterocycles. The maximum absolute atomic E-state index is 12.4. The second-order valence-electron chi connectivity index (χ2n) is 6.60. The smallest absolute Gasteiger partial charge is 0.275 e. The third kappa shape index (κ3) is 3.88. The molecule has 0 atom stereocenters. The molecule has 0 bridgehead atoms. The van der Waals surface area contributed by atoms with Gasteiger partial charge < -0.3 is 20.1 Å². The molecule has 0 unspecified atom stereocenters. The summed E-state index contributed by atoms with van der Waals surface area (Å²) in [5.74, 6) is 1.79. The van der Waals surface area contributed by atoms with Crippen LogP contribution in [-0.2, 0) is 6.54 Å². The van der Waals surface area contributed by atoms with Crippen LogP contribution in [0.3, 0.4) is 0 Å². The third-order valence-electron chi connectivity index (χ3n) is 4.43. The maximum Gasteiger partial charge on any atom is 0.275 e. The molecule has 2 N–H and O–H groups in total. The summed E-state index contributed by atoms with van der Waals surface area (Å²) in [5.41, 5.74) is 4.20. The Morgan fingerprint density at radius 2 is 1.89 bits per heavy atom. The van der Waals surface area contributed by atoms with Crippen LogP contribution in [0.25, 0.3) is 0 Å². The Morgan fingerprint density at radius 3 is 2.68 bits per heavy atom. The lowest BCUT2D eigenvalue weighted by molar-refractivity contribution is 0.102. The van der Waals surface area contributed by atoms with E-state index in [1.165, 1.54) is 6.20 Å². The van der Waals surface area contributed by atoms with Gasteiger partial charge in [0.25, 0.3) is 5.91 Å². The quantitative estimate of drug-likeness (QED) is 0.706. The van der Waals surface area contributed by atoms with Crippen molar-refractivity contribution in [1.82, 2.24) is 9.97 Å². The van der Waals surface area contributed by atoms with Crippen molar-refractivity contribution in [2.75, 3.05) is 17.4 Å².